The van der Waals surface area contributed by atoms with Crippen molar-refractivity contribution in [1.82, 2.24) is 14.8 Å². The Kier molecular flexibility index (Phi) is 4.48. The lowest BCUT2D eigenvalue weighted by atomic mass is 9.89. The standard InChI is InChI=1S/C21H27N3O/c1-23(2)14-17-6-7-20-18(13-17)8-9-21(25-20)10-12-24(16-21)15-19-5-3-4-11-22-19/h3-7,11,13H,8-10,12,14-16H2,1-2H3. The maximum atomic E-state index is 6.53. The smallest absolute Gasteiger partial charge is 0.123 e. The highest BCUT2D eigenvalue weighted by atomic mass is 16.5. The molecular weight excluding hydrogens is 310 g/mol. The minimum Gasteiger partial charge on any atom is -0.486 e. The summed E-state index contributed by atoms with van der Waals surface area (Å²) in [5.41, 5.74) is 3.87. The Labute approximate surface area is 150 Å². The molecule has 1 aromatic carbocycles. The van der Waals surface area contributed by atoms with Gasteiger partial charge >= 0.3 is 0 Å². The van der Waals surface area contributed by atoms with Crippen molar-refractivity contribution in [2.45, 2.75) is 38.0 Å². The van der Waals surface area contributed by atoms with Crippen molar-refractivity contribution in [3.63, 3.8) is 0 Å². The average Bonchev–Trinajstić information content (AvgIpc) is 2.98. The topological polar surface area (TPSA) is 28.6 Å². The molecule has 0 saturated carbocycles. The molecule has 4 heteroatoms. The normalized spacial score (nSPS) is 23.0. The molecule has 2 aromatic rings. The molecule has 132 valence electrons. The molecule has 2 aliphatic rings. The fourth-order valence-electron chi connectivity index (χ4n) is 4.11. The molecule has 0 N–H and O–H groups in total. The van der Waals surface area contributed by atoms with Crippen LogP contribution in [0.25, 0.3) is 0 Å². The highest BCUT2D eigenvalue weighted by Crippen LogP contribution is 2.39. The monoisotopic (exact) mass is 337 g/mol. The molecule has 1 unspecified atom stereocenters. The van der Waals surface area contributed by atoms with E-state index in [0.29, 0.717) is 0 Å². The van der Waals surface area contributed by atoms with Gasteiger partial charge in [0.15, 0.2) is 0 Å². The van der Waals surface area contributed by atoms with Crippen molar-refractivity contribution in [3.8, 4) is 5.75 Å². The molecule has 1 spiro atoms. The second-order valence-electron chi connectivity index (χ2n) is 7.75. The van der Waals surface area contributed by atoms with E-state index in [-0.39, 0.29) is 5.60 Å². The first-order valence-corrected chi connectivity index (χ1v) is 9.20. The van der Waals surface area contributed by atoms with Gasteiger partial charge in [-0.1, -0.05) is 18.2 Å². The van der Waals surface area contributed by atoms with Gasteiger partial charge in [0.1, 0.15) is 11.4 Å². The van der Waals surface area contributed by atoms with Crippen molar-refractivity contribution in [1.29, 1.82) is 0 Å². The number of aromatic nitrogens is 1. The zero-order valence-corrected chi connectivity index (χ0v) is 15.2. The summed E-state index contributed by atoms with van der Waals surface area (Å²) in [7, 11) is 4.22. The quantitative estimate of drug-likeness (QED) is 0.857. The lowest BCUT2D eigenvalue weighted by Crippen LogP contribution is -2.42. The first kappa shape index (κ1) is 16.6. The molecule has 0 aliphatic carbocycles. The Morgan fingerprint density at radius 2 is 2.12 bits per heavy atom. The first-order valence-electron chi connectivity index (χ1n) is 9.20. The zero-order chi connectivity index (χ0) is 17.3. The summed E-state index contributed by atoms with van der Waals surface area (Å²) >= 11 is 0. The van der Waals surface area contributed by atoms with Crippen LogP contribution >= 0.6 is 0 Å². The second kappa shape index (κ2) is 6.77. The van der Waals surface area contributed by atoms with Crippen LogP contribution in [0.3, 0.4) is 0 Å². The van der Waals surface area contributed by atoms with E-state index in [1.807, 2.05) is 12.3 Å². The third-order valence-electron chi connectivity index (χ3n) is 5.31. The van der Waals surface area contributed by atoms with Crippen LogP contribution in [0.15, 0.2) is 42.6 Å². The lowest BCUT2D eigenvalue weighted by Gasteiger charge is -2.36. The van der Waals surface area contributed by atoms with Crippen LogP contribution < -0.4 is 4.74 Å². The van der Waals surface area contributed by atoms with Crippen molar-refractivity contribution in [2.75, 3.05) is 27.2 Å². The van der Waals surface area contributed by atoms with E-state index in [1.54, 1.807) is 0 Å². The number of fused-ring (bicyclic) bond motifs is 1. The van der Waals surface area contributed by atoms with Gasteiger partial charge in [-0.15, -0.1) is 0 Å². The van der Waals surface area contributed by atoms with Crippen LogP contribution in [-0.4, -0.2) is 47.6 Å². The number of aryl methyl sites for hydroxylation is 1. The highest BCUT2D eigenvalue weighted by molar-refractivity contribution is 5.40. The summed E-state index contributed by atoms with van der Waals surface area (Å²) < 4.78 is 6.53. The Balaban J connectivity index is 1.43. The fraction of sp³-hybridized carbons (Fsp3) is 0.476. The summed E-state index contributed by atoms with van der Waals surface area (Å²) in [6.45, 7) is 3.99. The highest BCUT2D eigenvalue weighted by Gasteiger charge is 2.42. The molecule has 1 atom stereocenters. The van der Waals surface area contributed by atoms with Gasteiger partial charge in [-0.25, -0.2) is 0 Å². The number of pyridine rings is 1. The molecule has 0 bridgehead atoms. The minimum absolute atomic E-state index is 0.00908. The van der Waals surface area contributed by atoms with E-state index in [2.05, 4.69) is 59.2 Å². The number of ether oxygens (including phenoxy) is 1. The molecule has 1 saturated heterocycles. The van der Waals surface area contributed by atoms with Gasteiger partial charge in [-0.3, -0.25) is 9.88 Å². The Hall–Kier alpha value is -1.91. The molecule has 4 rings (SSSR count). The lowest BCUT2D eigenvalue weighted by molar-refractivity contribution is 0.0535. The Morgan fingerprint density at radius 3 is 2.92 bits per heavy atom. The van der Waals surface area contributed by atoms with Crippen molar-refractivity contribution >= 4 is 0 Å². The predicted octanol–water partition coefficient (Wildman–Crippen LogP) is 3.11. The maximum absolute atomic E-state index is 6.53. The van der Waals surface area contributed by atoms with E-state index >= 15 is 0 Å². The number of hydrogen-bond acceptors (Lipinski definition) is 4. The van der Waals surface area contributed by atoms with Gasteiger partial charge in [-0.2, -0.15) is 0 Å². The van der Waals surface area contributed by atoms with E-state index in [1.165, 1.54) is 11.1 Å². The number of hydrogen-bond donors (Lipinski definition) is 0. The van der Waals surface area contributed by atoms with Crippen molar-refractivity contribution in [3.05, 3.63) is 59.4 Å². The van der Waals surface area contributed by atoms with Crippen LogP contribution in [-0.2, 0) is 19.5 Å². The number of likely N-dealkylation sites (tertiary alicyclic amines) is 1. The molecule has 1 fully saturated rings. The Bertz CT molecular complexity index is 731. The molecule has 4 nitrogen and oxygen atoms in total. The minimum atomic E-state index is -0.00908. The zero-order valence-electron chi connectivity index (χ0n) is 15.2. The molecule has 2 aliphatic heterocycles. The first-order chi connectivity index (χ1) is 12.1. The van der Waals surface area contributed by atoms with Crippen LogP contribution in [0.2, 0.25) is 0 Å². The van der Waals surface area contributed by atoms with Crippen molar-refractivity contribution < 1.29 is 4.74 Å². The van der Waals surface area contributed by atoms with Gasteiger partial charge in [-0.05, 0) is 56.3 Å². The molecule has 0 amide bonds. The average molecular weight is 337 g/mol. The van der Waals surface area contributed by atoms with Gasteiger partial charge in [0.2, 0.25) is 0 Å². The van der Waals surface area contributed by atoms with E-state index in [4.69, 9.17) is 4.74 Å². The Morgan fingerprint density at radius 1 is 1.20 bits per heavy atom. The molecule has 1 aromatic heterocycles. The van der Waals surface area contributed by atoms with E-state index < -0.39 is 0 Å². The van der Waals surface area contributed by atoms with Gasteiger partial charge in [0.25, 0.3) is 0 Å². The molecule has 25 heavy (non-hydrogen) atoms. The predicted molar refractivity (Wildman–Crippen MR) is 99.6 cm³/mol. The summed E-state index contributed by atoms with van der Waals surface area (Å²) in [5, 5.41) is 0. The molecule has 3 heterocycles. The fourth-order valence-corrected chi connectivity index (χ4v) is 4.11. The molecule has 0 radical (unpaired) electrons. The largest absolute Gasteiger partial charge is 0.486 e. The van der Waals surface area contributed by atoms with Gasteiger partial charge in [0, 0.05) is 38.8 Å². The summed E-state index contributed by atoms with van der Waals surface area (Å²) in [5.74, 6) is 1.09. The third-order valence-corrected chi connectivity index (χ3v) is 5.31. The van der Waals surface area contributed by atoms with Crippen LogP contribution in [0, 0.1) is 0 Å². The van der Waals surface area contributed by atoms with Gasteiger partial charge < -0.3 is 9.64 Å². The van der Waals surface area contributed by atoms with Crippen LogP contribution in [0.4, 0.5) is 0 Å². The number of rotatable bonds is 4. The van der Waals surface area contributed by atoms with Gasteiger partial charge in [0.05, 0.1) is 5.69 Å². The van der Waals surface area contributed by atoms with E-state index in [9.17, 15) is 0 Å². The summed E-state index contributed by atoms with van der Waals surface area (Å²) in [4.78, 5) is 9.15. The number of benzene rings is 1. The maximum Gasteiger partial charge on any atom is 0.123 e. The third kappa shape index (κ3) is 3.70. The van der Waals surface area contributed by atoms with Crippen molar-refractivity contribution in [2.24, 2.45) is 0 Å². The summed E-state index contributed by atoms with van der Waals surface area (Å²) in [6.07, 6.45) is 5.22. The second-order valence-corrected chi connectivity index (χ2v) is 7.75. The number of nitrogens with zero attached hydrogens (tertiary/aromatic N) is 3. The van der Waals surface area contributed by atoms with E-state index in [0.717, 1.165) is 56.9 Å². The SMILES string of the molecule is CN(C)Cc1ccc2c(c1)CCC1(CCN(Cc3ccccn3)C1)O2. The summed E-state index contributed by atoms with van der Waals surface area (Å²) in [6, 6.07) is 12.8. The van der Waals surface area contributed by atoms with Crippen LogP contribution in [0.1, 0.15) is 29.7 Å². The van der Waals surface area contributed by atoms with Crippen LogP contribution in [0.5, 0.6) is 5.75 Å². The molecular formula is C21H27N3O.